The number of carbonyl (C=O) groups is 2. The third-order valence-corrected chi connectivity index (χ3v) is 4.18. The molecule has 2 N–H and O–H groups in total. The molecule has 1 amide bonds. The summed E-state index contributed by atoms with van der Waals surface area (Å²) in [5.41, 5.74) is 0.979. The summed E-state index contributed by atoms with van der Waals surface area (Å²) >= 11 is 0. The van der Waals surface area contributed by atoms with E-state index in [1.165, 1.54) is 32.3 Å². The molecule has 0 fully saturated rings. The Kier molecular flexibility index (Phi) is 4.38. The van der Waals surface area contributed by atoms with Gasteiger partial charge in [-0.3, -0.25) is 9.59 Å². The van der Waals surface area contributed by atoms with Gasteiger partial charge in [-0.05, 0) is 18.2 Å². The number of hydrogen-bond donors (Lipinski definition) is 2. The second kappa shape index (κ2) is 6.89. The molecular formula is C19H14F2N6O2. The van der Waals surface area contributed by atoms with Crippen LogP contribution in [0.25, 0.3) is 11.3 Å². The Balaban J connectivity index is 1.98. The van der Waals surface area contributed by atoms with Crippen molar-refractivity contribution in [1.29, 1.82) is 0 Å². The summed E-state index contributed by atoms with van der Waals surface area (Å²) in [7, 11) is 0. The van der Waals surface area contributed by atoms with Gasteiger partial charge in [0.05, 0.1) is 29.3 Å². The second-order valence-electron chi connectivity index (χ2n) is 6.30. The highest BCUT2D eigenvalue weighted by Gasteiger charge is 2.26. The second-order valence-corrected chi connectivity index (χ2v) is 6.30. The quantitative estimate of drug-likeness (QED) is 0.692. The first kappa shape index (κ1) is 18.4. The third kappa shape index (κ3) is 3.24. The number of benzene rings is 1. The molecule has 1 aliphatic heterocycles. The summed E-state index contributed by atoms with van der Waals surface area (Å²) in [6.07, 6.45) is 2.71. The Bertz CT molecular complexity index is 1180. The van der Waals surface area contributed by atoms with Crippen LogP contribution in [0.2, 0.25) is 0 Å². The average Bonchev–Trinajstić information content (AvgIpc) is 2.99. The van der Waals surface area contributed by atoms with Crippen LogP contribution in [-0.2, 0) is 4.79 Å². The van der Waals surface area contributed by atoms with Gasteiger partial charge in [0.25, 0.3) is 0 Å². The van der Waals surface area contributed by atoms with Gasteiger partial charge in [0.15, 0.2) is 5.82 Å². The molecule has 3 heterocycles. The maximum Gasteiger partial charge on any atom is 0.244 e. The first-order valence-electron chi connectivity index (χ1n) is 8.52. The Morgan fingerprint density at radius 1 is 1.14 bits per heavy atom. The average molecular weight is 396 g/mol. The minimum absolute atomic E-state index is 0.103. The van der Waals surface area contributed by atoms with Crippen LogP contribution < -0.4 is 10.6 Å². The van der Waals surface area contributed by atoms with Crippen LogP contribution in [0, 0.1) is 11.6 Å². The molecule has 0 atom stereocenters. The largest absolute Gasteiger partial charge is 0.336 e. The standard InChI is InChI=1S/C19H14F2N6O2/c1-9(28)24-11-6-12-17-15(8-23-27(17)10(2)29)25-19(26-18(12)22-7-11)16-13(20)4-3-5-14(16)21/h3-8H,1-2H3,(H,24,28)(H,22,25,26). The van der Waals surface area contributed by atoms with Crippen LogP contribution in [0.4, 0.5) is 26.0 Å². The Hall–Kier alpha value is -3.95. The molecule has 2 aromatic heterocycles. The highest BCUT2D eigenvalue weighted by molar-refractivity contribution is 6.13. The number of aliphatic imine (C=N–C) groups is 1. The van der Waals surface area contributed by atoms with Gasteiger partial charge in [-0.2, -0.15) is 9.78 Å². The van der Waals surface area contributed by atoms with Gasteiger partial charge in [0, 0.05) is 19.4 Å². The van der Waals surface area contributed by atoms with Crippen molar-refractivity contribution >= 4 is 34.8 Å². The van der Waals surface area contributed by atoms with Gasteiger partial charge >= 0.3 is 0 Å². The molecule has 0 radical (unpaired) electrons. The van der Waals surface area contributed by atoms with E-state index in [2.05, 4.69) is 25.7 Å². The van der Waals surface area contributed by atoms with Crippen LogP contribution in [0.5, 0.6) is 0 Å². The molecule has 0 unspecified atom stereocenters. The SMILES string of the molecule is CC(=O)Nc1cnc2c(c1)-c1c(cnn1C(C)=O)NC(c1c(F)cccc1F)=N2. The minimum Gasteiger partial charge on any atom is -0.336 e. The molecule has 4 rings (SSSR count). The number of hydrogen-bond acceptors (Lipinski definition) is 6. The van der Waals surface area contributed by atoms with Crippen molar-refractivity contribution in [2.24, 2.45) is 4.99 Å². The fraction of sp³-hybridized carbons (Fsp3) is 0.105. The Morgan fingerprint density at radius 3 is 2.52 bits per heavy atom. The van der Waals surface area contributed by atoms with Crippen molar-refractivity contribution in [2.75, 3.05) is 10.6 Å². The van der Waals surface area contributed by atoms with Gasteiger partial charge < -0.3 is 10.6 Å². The van der Waals surface area contributed by atoms with E-state index in [9.17, 15) is 18.4 Å². The van der Waals surface area contributed by atoms with Crippen LogP contribution >= 0.6 is 0 Å². The minimum atomic E-state index is -0.810. The highest BCUT2D eigenvalue weighted by atomic mass is 19.1. The van der Waals surface area contributed by atoms with Crippen molar-refractivity contribution in [1.82, 2.24) is 14.8 Å². The molecule has 0 aliphatic carbocycles. The summed E-state index contributed by atoms with van der Waals surface area (Å²) in [5, 5.41) is 9.50. The molecule has 1 aromatic carbocycles. The Morgan fingerprint density at radius 2 is 1.86 bits per heavy atom. The first-order valence-corrected chi connectivity index (χ1v) is 8.52. The van der Waals surface area contributed by atoms with E-state index in [4.69, 9.17) is 0 Å². The maximum atomic E-state index is 14.4. The van der Waals surface area contributed by atoms with E-state index in [-0.39, 0.29) is 29.0 Å². The summed E-state index contributed by atoms with van der Waals surface area (Å²) in [5.74, 6) is -2.33. The lowest BCUT2D eigenvalue weighted by Crippen LogP contribution is -2.16. The van der Waals surface area contributed by atoms with Gasteiger partial charge in [-0.25, -0.2) is 18.8 Å². The molecule has 1 aliphatic rings. The monoisotopic (exact) mass is 396 g/mol. The van der Waals surface area contributed by atoms with Crippen LogP contribution in [-0.4, -0.2) is 32.4 Å². The zero-order valence-corrected chi connectivity index (χ0v) is 15.3. The number of halogens is 2. The number of amidine groups is 1. The zero-order valence-electron chi connectivity index (χ0n) is 15.3. The van der Waals surface area contributed by atoms with Crippen LogP contribution in [0.1, 0.15) is 24.2 Å². The number of rotatable bonds is 2. The lowest BCUT2D eigenvalue weighted by molar-refractivity contribution is -0.114. The number of amides is 1. The predicted molar refractivity (Wildman–Crippen MR) is 102 cm³/mol. The van der Waals surface area contributed by atoms with Gasteiger partial charge in [0.1, 0.15) is 23.2 Å². The smallest absolute Gasteiger partial charge is 0.244 e. The van der Waals surface area contributed by atoms with Gasteiger partial charge in [0.2, 0.25) is 11.8 Å². The number of nitrogens with one attached hydrogen (secondary N) is 2. The van der Waals surface area contributed by atoms with Crippen molar-refractivity contribution in [2.45, 2.75) is 13.8 Å². The zero-order chi connectivity index (χ0) is 20.7. The predicted octanol–water partition coefficient (Wildman–Crippen LogP) is 3.35. The summed E-state index contributed by atoms with van der Waals surface area (Å²) in [4.78, 5) is 31.9. The maximum absolute atomic E-state index is 14.4. The number of pyridine rings is 1. The van der Waals surface area contributed by atoms with E-state index in [0.29, 0.717) is 22.6 Å². The van der Waals surface area contributed by atoms with E-state index in [1.54, 1.807) is 6.07 Å². The first-order chi connectivity index (χ1) is 13.8. The molecule has 29 heavy (non-hydrogen) atoms. The van der Waals surface area contributed by atoms with E-state index in [1.807, 2.05) is 0 Å². The lowest BCUT2D eigenvalue weighted by atomic mass is 10.1. The summed E-state index contributed by atoms with van der Waals surface area (Å²) < 4.78 is 29.8. The van der Waals surface area contributed by atoms with Crippen LogP contribution in [0.3, 0.4) is 0 Å². The van der Waals surface area contributed by atoms with Crippen molar-refractivity contribution in [3.63, 3.8) is 0 Å². The third-order valence-electron chi connectivity index (χ3n) is 4.18. The van der Waals surface area contributed by atoms with E-state index >= 15 is 0 Å². The number of aromatic nitrogens is 3. The lowest BCUT2D eigenvalue weighted by Gasteiger charge is -2.09. The van der Waals surface area contributed by atoms with Crippen LogP contribution in [0.15, 0.2) is 41.7 Å². The van der Waals surface area contributed by atoms with E-state index < -0.39 is 11.6 Å². The molecule has 0 saturated carbocycles. The van der Waals surface area contributed by atoms with Crippen molar-refractivity contribution in [3.05, 3.63) is 53.9 Å². The molecule has 0 saturated heterocycles. The molecule has 8 nitrogen and oxygen atoms in total. The van der Waals surface area contributed by atoms with Crippen molar-refractivity contribution < 1.29 is 18.4 Å². The molecule has 146 valence electrons. The molecular weight excluding hydrogens is 382 g/mol. The number of fused-ring (bicyclic) bond motifs is 3. The number of anilines is 2. The van der Waals surface area contributed by atoms with Gasteiger partial charge in [-0.15, -0.1) is 0 Å². The van der Waals surface area contributed by atoms with Crippen molar-refractivity contribution in [3.8, 4) is 11.3 Å². The summed E-state index contributed by atoms with van der Waals surface area (Å²) in [6, 6.07) is 5.04. The fourth-order valence-electron chi connectivity index (χ4n) is 3.03. The number of carbonyl (C=O) groups excluding carboxylic acids is 2. The highest BCUT2D eigenvalue weighted by Crippen LogP contribution is 2.38. The number of nitrogens with zero attached hydrogens (tertiary/aromatic N) is 4. The van der Waals surface area contributed by atoms with E-state index in [0.717, 1.165) is 16.8 Å². The topological polar surface area (TPSA) is 101 Å². The molecule has 0 spiro atoms. The summed E-state index contributed by atoms with van der Waals surface area (Å²) in [6.45, 7) is 2.66. The molecule has 10 heteroatoms. The normalized spacial score (nSPS) is 12.2. The van der Waals surface area contributed by atoms with Gasteiger partial charge in [-0.1, -0.05) is 6.07 Å². The molecule has 3 aromatic rings. The fourth-order valence-corrected chi connectivity index (χ4v) is 3.03. The molecule has 0 bridgehead atoms. The Labute approximate surface area is 163 Å².